The fourth-order valence-electron chi connectivity index (χ4n) is 2.21. The number of alkyl carbamates (subject to hydrolysis) is 1. The number of rotatable bonds is 9. The van der Waals surface area contributed by atoms with Crippen LogP contribution in [0.3, 0.4) is 0 Å². The van der Waals surface area contributed by atoms with E-state index in [0.29, 0.717) is 5.56 Å². The Labute approximate surface area is 155 Å². The Morgan fingerprint density at radius 3 is 2.19 bits per heavy atom. The van der Waals surface area contributed by atoms with Gasteiger partial charge in [0.2, 0.25) is 0 Å². The summed E-state index contributed by atoms with van der Waals surface area (Å²) in [6.07, 6.45) is -2.78. The van der Waals surface area contributed by atoms with Gasteiger partial charge in [0, 0.05) is 0 Å². The molecule has 1 aromatic carbocycles. The van der Waals surface area contributed by atoms with Gasteiger partial charge in [0.05, 0.1) is 19.6 Å². The summed E-state index contributed by atoms with van der Waals surface area (Å²) >= 11 is 0. The average Bonchev–Trinajstić information content (AvgIpc) is 2.60. The van der Waals surface area contributed by atoms with E-state index in [2.05, 4.69) is 0 Å². The molecule has 0 fully saturated rings. The van der Waals surface area contributed by atoms with Crippen molar-refractivity contribution >= 4 is 13.7 Å². The van der Waals surface area contributed by atoms with Crippen molar-refractivity contribution in [3.05, 3.63) is 35.9 Å². The third-order valence-corrected chi connectivity index (χ3v) is 6.07. The van der Waals surface area contributed by atoms with E-state index >= 15 is 0 Å². The van der Waals surface area contributed by atoms with Crippen molar-refractivity contribution in [3.8, 4) is 12.3 Å². The maximum Gasteiger partial charge on any atom is 0.424 e. The van der Waals surface area contributed by atoms with Crippen LogP contribution in [0.5, 0.6) is 0 Å². The van der Waals surface area contributed by atoms with E-state index in [4.69, 9.17) is 20.2 Å². The van der Waals surface area contributed by atoms with Gasteiger partial charge in [0.25, 0.3) is 5.28 Å². The van der Waals surface area contributed by atoms with Crippen molar-refractivity contribution in [2.45, 2.75) is 38.3 Å². The van der Waals surface area contributed by atoms with Crippen molar-refractivity contribution in [2.75, 3.05) is 13.2 Å². The van der Waals surface area contributed by atoms with Crippen LogP contribution < -0.4 is 5.32 Å². The number of carbonyl (C=O) groups excluding carboxylic acids is 1. The molecule has 0 spiro atoms. The van der Waals surface area contributed by atoms with Gasteiger partial charge < -0.3 is 13.8 Å². The molecule has 27 heavy (non-hydrogen) atoms. The normalized spacial score (nSPS) is 14.1. The number of ether oxygens (including phenoxy) is 1. The molecule has 0 aromatic heterocycles. The molecule has 1 rings (SSSR count). The summed E-state index contributed by atoms with van der Waals surface area (Å²) in [5.41, 5.74) is 0.556. The molecule has 1 unspecified atom stereocenters. The summed E-state index contributed by atoms with van der Waals surface area (Å²) in [4.78, 5) is 12.1. The van der Waals surface area contributed by atoms with Crippen molar-refractivity contribution in [1.82, 2.24) is 5.32 Å². The molecular weight excluding hydrogens is 386 g/mol. The maximum atomic E-state index is 13.9. The molecule has 10 heteroatoms. The number of terminal acetylenes is 1. The van der Waals surface area contributed by atoms with Gasteiger partial charge in [-0.05, 0) is 19.4 Å². The largest absolute Gasteiger partial charge is 0.445 e. The molecule has 6 nitrogen and oxygen atoms in total. The van der Waals surface area contributed by atoms with Crippen molar-refractivity contribution in [2.24, 2.45) is 0 Å². The summed E-state index contributed by atoms with van der Waals surface area (Å²) < 4.78 is 69.2. The lowest BCUT2D eigenvalue weighted by Crippen LogP contribution is -2.59. The van der Waals surface area contributed by atoms with Crippen LogP contribution in [0.15, 0.2) is 30.3 Å². The van der Waals surface area contributed by atoms with Gasteiger partial charge >= 0.3 is 19.9 Å². The molecule has 0 saturated heterocycles. The zero-order chi connectivity index (χ0) is 20.6. The molecule has 0 saturated carbocycles. The second-order valence-corrected chi connectivity index (χ2v) is 7.53. The molecule has 1 atom stereocenters. The highest BCUT2D eigenvalue weighted by Crippen LogP contribution is 2.65. The Hall–Kier alpha value is -2.01. The van der Waals surface area contributed by atoms with Gasteiger partial charge in [-0.15, -0.1) is 12.3 Å². The molecule has 0 radical (unpaired) electrons. The minimum atomic E-state index is -5.23. The van der Waals surface area contributed by atoms with Crippen molar-refractivity contribution in [1.29, 1.82) is 0 Å². The zero-order valence-electron chi connectivity index (χ0n) is 14.9. The SMILES string of the molecule is C#CCC(NC(=O)OCc1ccccc1)(C(F)(F)F)P(=O)(OCC)OCC. The Bertz CT molecular complexity index is 695. The van der Waals surface area contributed by atoms with Gasteiger partial charge in [0.15, 0.2) is 0 Å². The smallest absolute Gasteiger partial charge is 0.424 e. The van der Waals surface area contributed by atoms with E-state index in [-0.39, 0.29) is 19.8 Å². The predicted molar refractivity (Wildman–Crippen MR) is 92.9 cm³/mol. The lowest BCUT2D eigenvalue weighted by Gasteiger charge is -2.38. The number of amides is 1. The van der Waals surface area contributed by atoms with Crippen LogP contribution in [-0.2, 0) is 25.0 Å². The number of carbonyl (C=O) groups is 1. The number of hydrogen-bond donors (Lipinski definition) is 1. The average molecular weight is 407 g/mol. The van der Waals surface area contributed by atoms with Crippen LogP contribution >= 0.6 is 7.60 Å². The first kappa shape index (κ1) is 23.0. The van der Waals surface area contributed by atoms with Crippen molar-refractivity contribution < 1.29 is 36.3 Å². The number of halogens is 3. The molecule has 1 N–H and O–H groups in total. The Morgan fingerprint density at radius 2 is 1.74 bits per heavy atom. The minimum absolute atomic E-state index is 0.287. The summed E-state index contributed by atoms with van der Waals surface area (Å²) in [5.74, 6) is 1.79. The molecular formula is C17H21F3NO5P. The number of nitrogens with one attached hydrogen (secondary N) is 1. The summed E-state index contributed by atoms with van der Waals surface area (Å²) in [6, 6.07) is 8.32. The maximum absolute atomic E-state index is 13.9. The topological polar surface area (TPSA) is 73.9 Å². The standard InChI is InChI=1S/C17H21F3NO5P/c1-4-12-16(17(18,19)20,27(23,25-5-2)26-6-3)21-15(22)24-13-14-10-8-7-9-11-14/h1,7-11H,5-6,12-13H2,2-3H3,(H,21,22). The van der Waals surface area contributed by atoms with Gasteiger partial charge in [-0.1, -0.05) is 30.3 Å². The van der Waals surface area contributed by atoms with E-state index in [1.54, 1.807) is 41.6 Å². The Balaban J connectivity index is 3.18. The van der Waals surface area contributed by atoms with Gasteiger partial charge in [0.1, 0.15) is 6.61 Å². The van der Waals surface area contributed by atoms with Crippen LogP contribution in [0.4, 0.5) is 18.0 Å². The van der Waals surface area contributed by atoms with Gasteiger partial charge in [-0.2, -0.15) is 13.2 Å². The van der Waals surface area contributed by atoms with E-state index in [9.17, 15) is 22.5 Å². The van der Waals surface area contributed by atoms with Crippen LogP contribution in [0.1, 0.15) is 25.8 Å². The predicted octanol–water partition coefficient (Wildman–Crippen LogP) is 4.46. The second kappa shape index (κ2) is 9.79. The van der Waals surface area contributed by atoms with Crippen LogP contribution in [0.2, 0.25) is 0 Å². The molecule has 0 aliphatic heterocycles. The van der Waals surface area contributed by atoms with Crippen LogP contribution in [0, 0.1) is 12.3 Å². The number of alkyl halides is 3. The molecule has 0 heterocycles. The Kier molecular flexibility index (Phi) is 8.35. The molecule has 1 aromatic rings. The number of benzene rings is 1. The summed E-state index contributed by atoms with van der Waals surface area (Å²) in [7, 11) is -4.93. The third-order valence-electron chi connectivity index (χ3n) is 3.41. The first-order valence-electron chi connectivity index (χ1n) is 8.04. The highest BCUT2D eigenvalue weighted by molar-refractivity contribution is 7.55. The quantitative estimate of drug-likeness (QED) is 0.483. The minimum Gasteiger partial charge on any atom is -0.445 e. The van der Waals surface area contributed by atoms with E-state index < -0.39 is 31.6 Å². The fourth-order valence-corrected chi connectivity index (χ4v) is 4.23. The van der Waals surface area contributed by atoms with Crippen LogP contribution in [0.25, 0.3) is 0 Å². The van der Waals surface area contributed by atoms with E-state index in [1.165, 1.54) is 13.8 Å². The van der Waals surface area contributed by atoms with Crippen LogP contribution in [-0.4, -0.2) is 30.8 Å². The first-order chi connectivity index (χ1) is 12.7. The highest BCUT2D eigenvalue weighted by Gasteiger charge is 2.69. The summed E-state index contributed by atoms with van der Waals surface area (Å²) in [6.45, 7) is 1.71. The monoisotopic (exact) mass is 407 g/mol. The number of hydrogen-bond acceptors (Lipinski definition) is 5. The molecule has 0 aliphatic carbocycles. The first-order valence-corrected chi connectivity index (χ1v) is 9.58. The summed E-state index contributed by atoms with van der Waals surface area (Å²) in [5, 5.41) is -1.83. The Morgan fingerprint density at radius 1 is 1.19 bits per heavy atom. The second-order valence-electron chi connectivity index (χ2n) is 5.26. The highest BCUT2D eigenvalue weighted by atomic mass is 31.2. The molecule has 0 bridgehead atoms. The van der Waals surface area contributed by atoms with Crippen molar-refractivity contribution in [3.63, 3.8) is 0 Å². The lowest BCUT2D eigenvalue weighted by atomic mass is 10.2. The lowest BCUT2D eigenvalue weighted by molar-refractivity contribution is -0.173. The molecule has 150 valence electrons. The fraction of sp³-hybridized carbons (Fsp3) is 0.471. The van der Waals surface area contributed by atoms with E-state index in [1.807, 2.05) is 0 Å². The molecule has 1 amide bonds. The third kappa shape index (κ3) is 5.48. The molecule has 0 aliphatic rings. The van der Waals surface area contributed by atoms with Gasteiger partial charge in [-0.3, -0.25) is 9.88 Å². The van der Waals surface area contributed by atoms with Gasteiger partial charge in [-0.25, -0.2) is 4.79 Å². The van der Waals surface area contributed by atoms with E-state index in [0.717, 1.165) is 0 Å². The zero-order valence-corrected chi connectivity index (χ0v) is 15.8.